The van der Waals surface area contributed by atoms with E-state index in [0.29, 0.717) is 18.8 Å². The Kier molecular flexibility index (Phi) is 6.00. The minimum absolute atomic E-state index is 0.0223. The van der Waals surface area contributed by atoms with Gasteiger partial charge in [0.2, 0.25) is 5.54 Å². The molecule has 0 saturated carbocycles. The minimum atomic E-state index is -5.24. The van der Waals surface area contributed by atoms with Gasteiger partial charge in [0.25, 0.3) is 11.8 Å². The van der Waals surface area contributed by atoms with Gasteiger partial charge in [0, 0.05) is 24.3 Å². The summed E-state index contributed by atoms with van der Waals surface area (Å²) in [5, 5.41) is 1.93. The molecule has 4 rings (SSSR count). The van der Waals surface area contributed by atoms with Crippen LogP contribution < -0.4 is 10.1 Å². The van der Waals surface area contributed by atoms with Crippen molar-refractivity contribution in [1.29, 1.82) is 0 Å². The molecule has 0 unspecified atom stereocenters. The molecule has 0 radical (unpaired) electrons. The van der Waals surface area contributed by atoms with E-state index in [4.69, 9.17) is 9.47 Å². The zero-order valence-corrected chi connectivity index (χ0v) is 19.3. The molecule has 3 aliphatic rings. The molecule has 1 fully saturated rings. The van der Waals surface area contributed by atoms with E-state index in [1.54, 1.807) is 13.8 Å². The number of Topliss-reactive ketones (excluding diaryl/α,β-unsaturated/α-hetero) is 1. The number of ether oxygens (including phenoxy) is 2. The third-order valence-electron chi connectivity index (χ3n) is 6.61. The van der Waals surface area contributed by atoms with Crippen molar-refractivity contribution in [1.82, 2.24) is 10.2 Å². The molecule has 2 aliphatic heterocycles. The molecule has 1 aliphatic carbocycles. The lowest BCUT2D eigenvalue weighted by Gasteiger charge is -2.35. The molecule has 184 valence electrons. The smallest absolute Gasteiger partial charge is 0.425 e. The van der Waals surface area contributed by atoms with Gasteiger partial charge in [0.05, 0.1) is 25.3 Å². The molecular formula is C24H27F3N2O5. The summed E-state index contributed by atoms with van der Waals surface area (Å²) >= 11 is 0. The Morgan fingerprint density at radius 3 is 2.44 bits per heavy atom. The zero-order chi connectivity index (χ0) is 24.9. The van der Waals surface area contributed by atoms with Crippen LogP contribution in [0.1, 0.15) is 49.9 Å². The first kappa shape index (κ1) is 24.3. The van der Waals surface area contributed by atoms with Crippen molar-refractivity contribution in [2.45, 2.75) is 57.3 Å². The number of carbonyl (C=O) groups is 3. The van der Waals surface area contributed by atoms with Gasteiger partial charge in [-0.2, -0.15) is 13.2 Å². The molecule has 2 atom stereocenters. The molecule has 0 spiro atoms. The van der Waals surface area contributed by atoms with Crippen molar-refractivity contribution in [2.75, 3.05) is 20.3 Å². The Labute approximate surface area is 195 Å². The molecule has 0 bridgehead atoms. The maximum absolute atomic E-state index is 14.8. The van der Waals surface area contributed by atoms with Gasteiger partial charge in [-0.3, -0.25) is 14.4 Å². The normalized spacial score (nSPS) is 26.6. The van der Waals surface area contributed by atoms with Crippen LogP contribution in [-0.2, 0) is 14.3 Å². The monoisotopic (exact) mass is 480 g/mol. The van der Waals surface area contributed by atoms with Crippen molar-refractivity contribution in [3.8, 4) is 5.75 Å². The predicted octanol–water partition coefficient (Wildman–Crippen LogP) is 3.39. The van der Waals surface area contributed by atoms with E-state index >= 15 is 0 Å². The molecule has 0 aromatic heterocycles. The average Bonchev–Trinajstić information content (AvgIpc) is 3.34. The lowest BCUT2D eigenvalue weighted by molar-refractivity contribution is -0.191. The minimum Gasteiger partial charge on any atom is -0.497 e. The van der Waals surface area contributed by atoms with Gasteiger partial charge in [-0.1, -0.05) is 13.8 Å². The molecule has 7 nitrogen and oxygen atoms in total. The van der Waals surface area contributed by atoms with Gasteiger partial charge in [0.1, 0.15) is 5.75 Å². The Hall–Kier alpha value is -2.88. The van der Waals surface area contributed by atoms with Crippen molar-refractivity contribution < 1.29 is 37.0 Å². The zero-order valence-electron chi connectivity index (χ0n) is 19.3. The summed E-state index contributed by atoms with van der Waals surface area (Å²) in [5.41, 5.74) is -4.84. The lowest BCUT2D eigenvalue weighted by atomic mass is 9.72. The first-order valence-electron chi connectivity index (χ1n) is 11.1. The van der Waals surface area contributed by atoms with Gasteiger partial charge >= 0.3 is 6.18 Å². The van der Waals surface area contributed by atoms with Crippen molar-refractivity contribution in [3.05, 3.63) is 41.1 Å². The Morgan fingerprint density at radius 1 is 1.21 bits per heavy atom. The Bertz CT molecular complexity index is 1040. The number of alkyl halides is 3. The fraction of sp³-hybridized carbons (Fsp3) is 0.542. The molecule has 34 heavy (non-hydrogen) atoms. The number of ketones is 1. The van der Waals surface area contributed by atoms with E-state index < -0.39 is 46.4 Å². The van der Waals surface area contributed by atoms with Crippen LogP contribution in [0, 0.1) is 5.41 Å². The molecule has 1 aromatic carbocycles. The van der Waals surface area contributed by atoms with Crippen molar-refractivity contribution in [2.24, 2.45) is 5.41 Å². The van der Waals surface area contributed by atoms with E-state index in [1.807, 2.05) is 5.32 Å². The second-order valence-corrected chi connectivity index (χ2v) is 9.74. The molecule has 2 heterocycles. The summed E-state index contributed by atoms with van der Waals surface area (Å²) in [6.45, 7) is 3.90. The largest absolute Gasteiger partial charge is 0.497 e. The van der Waals surface area contributed by atoms with Gasteiger partial charge in [-0.05, 0) is 48.9 Å². The van der Waals surface area contributed by atoms with E-state index in [2.05, 4.69) is 0 Å². The maximum Gasteiger partial charge on any atom is 0.425 e. The SMILES string of the molecule is COc1ccc(C(=O)N[C@@]2(C(F)(F)F)C(=O)N(C[C@@H]3CCCO3)C3=C2C(=O)CC(C)(C)C3)cc1. The number of allylic oxidation sites excluding steroid dienone is 1. The highest BCUT2D eigenvalue weighted by atomic mass is 19.4. The summed E-state index contributed by atoms with van der Waals surface area (Å²) in [4.78, 5) is 40.7. The number of hydrogen-bond donors (Lipinski definition) is 1. The molecule has 1 aromatic rings. The maximum atomic E-state index is 14.8. The first-order chi connectivity index (χ1) is 15.9. The van der Waals surface area contributed by atoms with E-state index in [9.17, 15) is 27.6 Å². The van der Waals surface area contributed by atoms with Crippen LogP contribution in [0.2, 0.25) is 0 Å². The number of halogens is 3. The number of benzene rings is 1. The third kappa shape index (κ3) is 3.97. The fourth-order valence-corrected chi connectivity index (χ4v) is 5.00. The molecule has 1 saturated heterocycles. The van der Waals surface area contributed by atoms with Gasteiger partial charge < -0.3 is 19.7 Å². The quantitative estimate of drug-likeness (QED) is 0.699. The predicted molar refractivity (Wildman–Crippen MR) is 115 cm³/mol. The Balaban J connectivity index is 1.81. The molecular weight excluding hydrogens is 453 g/mol. The van der Waals surface area contributed by atoms with Crippen LogP contribution in [0.15, 0.2) is 35.5 Å². The summed E-state index contributed by atoms with van der Waals surface area (Å²) in [6, 6.07) is 5.44. The number of carbonyl (C=O) groups excluding carboxylic acids is 3. The van der Waals surface area contributed by atoms with E-state index in [-0.39, 0.29) is 30.6 Å². The third-order valence-corrected chi connectivity index (χ3v) is 6.61. The van der Waals surface area contributed by atoms with Crippen LogP contribution in [0.3, 0.4) is 0 Å². The standard InChI is InChI=1S/C24H27F3N2O5/c1-22(2)11-17-19(18(30)12-22)23(24(25,26)27,21(32)29(17)13-16-5-4-10-34-16)28-20(31)14-6-8-15(33-3)9-7-14/h6-9,16H,4-5,10-13H2,1-3H3,(H,28,31)/t16-,23+/m0/s1. The molecule has 10 heteroatoms. The summed E-state index contributed by atoms with van der Waals surface area (Å²) in [5.74, 6) is -2.86. The highest BCUT2D eigenvalue weighted by Gasteiger charge is 2.71. The number of hydrogen-bond acceptors (Lipinski definition) is 5. The summed E-state index contributed by atoms with van der Waals surface area (Å²) in [6.07, 6.45) is -4.40. The fourth-order valence-electron chi connectivity index (χ4n) is 5.00. The number of nitrogens with zero attached hydrogens (tertiary/aromatic N) is 1. The molecule has 1 N–H and O–H groups in total. The second-order valence-electron chi connectivity index (χ2n) is 9.74. The molecule has 2 amide bonds. The van der Waals surface area contributed by atoms with Crippen LogP contribution in [0.4, 0.5) is 13.2 Å². The average molecular weight is 480 g/mol. The summed E-state index contributed by atoms with van der Waals surface area (Å²) < 4.78 is 54.9. The number of amides is 2. The topological polar surface area (TPSA) is 84.9 Å². The van der Waals surface area contributed by atoms with Crippen LogP contribution in [-0.4, -0.2) is 60.6 Å². The summed E-state index contributed by atoms with van der Waals surface area (Å²) in [7, 11) is 1.41. The highest BCUT2D eigenvalue weighted by molar-refractivity contribution is 6.14. The van der Waals surface area contributed by atoms with E-state index in [0.717, 1.165) is 11.3 Å². The van der Waals surface area contributed by atoms with E-state index in [1.165, 1.54) is 31.4 Å². The van der Waals surface area contributed by atoms with Gasteiger partial charge in [-0.15, -0.1) is 0 Å². The van der Waals surface area contributed by atoms with Crippen molar-refractivity contribution >= 4 is 17.6 Å². The van der Waals surface area contributed by atoms with Gasteiger partial charge in [-0.25, -0.2) is 0 Å². The van der Waals surface area contributed by atoms with Crippen LogP contribution in [0.25, 0.3) is 0 Å². The number of rotatable bonds is 5. The van der Waals surface area contributed by atoms with Crippen molar-refractivity contribution in [3.63, 3.8) is 0 Å². The lowest BCUT2D eigenvalue weighted by Crippen LogP contribution is -2.66. The van der Waals surface area contributed by atoms with Crippen LogP contribution in [0.5, 0.6) is 5.75 Å². The highest BCUT2D eigenvalue weighted by Crippen LogP contribution is 2.52. The van der Waals surface area contributed by atoms with Gasteiger partial charge in [0.15, 0.2) is 5.78 Å². The first-order valence-corrected chi connectivity index (χ1v) is 11.1. The Morgan fingerprint density at radius 2 is 1.88 bits per heavy atom. The number of methoxy groups -OCH3 is 1. The van der Waals surface area contributed by atoms with Crippen LogP contribution >= 0.6 is 0 Å². The number of nitrogens with one attached hydrogen (secondary N) is 1. The second kappa shape index (κ2) is 8.41.